The van der Waals surface area contributed by atoms with Crippen LogP contribution < -0.4 is 0 Å². The van der Waals surface area contributed by atoms with Crippen LogP contribution in [0.3, 0.4) is 0 Å². The standard InChI is InChI=1S/C15H11F2N/c16-15(17)12-5-7-13(8-6-12)18-10-9-11-3-1-2-4-14(11)18/h1-10,15H. The summed E-state index contributed by atoms with van der Waals surface area (Å²) in [7, 11) is 0. The van der Waals surface area contributed by atoms with Gasteiger partial charge < -0.3 is 4.57 Å². The highest BCUT2D eigenvalue weighted by Gasteiger charge is 2.07. The van der Waals surface area contributed by atoms with Crippen LogP contribution in [0.4, 0.5) is 8.78 Å². The van der Waals surface area contributed by atoms with Crippen molar-refractivity contribution in [3.05, 3.63) is 66.4 Å². The van der Waals surface area contributed by atoms with E-state index >= 15 is 0 Å². The van der Waals surface area contributed by atoms with Crippen molar-refractivity contribution in [2.75, 3.05) is 0 Å². The van der Waals surface area contributed by atoms with Crippen LogP contribution in [0.5, 0.6) is 0 Å². The maximum absolute atomic E-state index is 12.5. The number of nitrogens with zero attached hydrogens (tertiary/aromatic N) is 1. The second-order valence-electron chi connectivity index (χ2n) is 4.14. The minimum Gasteiger partial charge on any atom is -0.317 e. The Kier molecular flexibility index (Phi) is 2.59. The number of alkyl halides is 2. The predicted molar refractivity (Wildman–Crippen MR) is 68.2 cm³/mol. The molecule has 0 radical (unpaired) electrons. The first kappa shape index (κ1) is 11.0. The first-order valence-corrected chi connectivity index (χ1v) is 5.70. The SMILES string of the molecule is FC(F)c1ccc(-n2ccc3ccccc32)cc1. The van der Waals surface area contributed by atoms with Crippen LogP contribution in [0.1, 0.15) is 12.0 Å². The molecule has 1 nitrogen and oxygen atoms in total. The molecular weight excluding hydrogens is 232 g/mol. The molecule has 0 amide bonds. The molecule has 2 aromatic carbocycles. The largest absolute Gasteiger partial charge is 0.317 e. The molecule has 3 aromatic rings. The maximum Gasteiger partial charge on any atom is 0.263 e. The Bertz CT molecular complexity index is 668. The number of benzene rings is 2. The number of para-hydroxylation sites is 1. The van der Waals surface area contributed by atoms with E-state index in [0.29, 0.717) is 0 Å². The third-order valence-corrected chi connectivity index (χ3v) is 3.02. The van der Waals surface area contributed by atoms with Gasteiger partial charge in [0.05, 0.1) is 5.52 Å². The summed E-state index contributed by atoms with van der Waals surface area (Å²) in [6.07, 6.45) is -0.470. The lowest BCUT2D eigenvalue weighted by Crippen LogP contribution is -1.92. The number of hydrogen-bond acceptors (Lipinski definition) is 0. The van der Waals surface area contributed by atoms with E-state index in [2.05, 4.69) is 0 Å². The van der Waals surface area contributed by atoms with E-state index in [1.807, 2.05) is 41.1 Å². The summed E-state index contributed by atoms with van der Waals surface area (Å²) >= 11 is 0. The van der Waals surface area contributed by atoms with Crippen molar-refractivity contribution >= 4 is 10.9 Å². The first-order valence-electron chi connectivity index (χ1n) is 5.70. The van der Waals surface area contributed by atoms with E-state index in [-0.39, 0.29) is 5.56 Å². The van der Waals surface area contributed by atoms with Crippen molar-refractivity contribution in [1.82, 2.24) is 4.57 Å². The van der Waals surface area contributed by atoms with Gasteiger partial charge in [-0.3, -0.25) is 0 Å². The Morgan fingerprint density at radius 3 is 2.28 bits per heavy atom. The average Bonchev–Trinajstić information content (AvgIpc) is 2.82. The molecule has 1 heterocycles. The van der Waals surface area contributed by atoms with E-state index in [1.54, 1.807) is 12.1 Å². The second-order valence-corrected chi connectivity index (χ2v) is 4.14. The molecule has 3 heteroatoms. The molecule has 1 aromatic heterocycles. The highest BCUT2D eigenvalue weighted by Crippen LogP contribution is 2.23. The van der Waals surface area contributed by atoms with E-state index in [1.165, 1.54) is 12.1 Å². The summed E-state index contributed by atoms with van der Waals surface area (Å²) in [6, 6.07) is 16.4. The number of aromatic nitrogens is 1. The Morgan fingerprint density at radius 2 is 1.56 bits per heavy atom. The third-order valence-electron chi connectivity index (χ3n) is 3.02. The van der Waals surface area contributed by atoms with Crippen molar-refractivity contribution in [3.63, 3.8) is 0 Å². The van der Waals surface area contributed by atoms with Crippen LogP contribution in [-0.2, 0) is 0 Å². The van der Waals surface area contributed by atoms with Gasteiger partial charge in [0.2, 0.25) is 0 Å². The van der Waals surface area contributed by atoms with E-state index in [9.17, 15) is 8.78 Å². The molecule has 0 bridgehead atoms. The molecule has 0 aliphatic carbocycles. The number of hydrogen-bond donors (Lipinski definition) is 0. The zero-order valence-electron chi connectivity index (χ0n) is 9.55. The fourth-order valence-electron chi connectivity index (χ4n) is 2.09. The van der Waals surface area contributed by atoms with Gasteiger partial charge in [-0.15, -0.1) is 0 Å². The summed E-state index contributed by atoms with van der Waals surface area (Å²) in [6.45, 7) is 0. The van der Waals surface area contributed by atoms with Crippen LogP contribution >= 0.6 is 0 Å². The van der Waals surface area contributed by atoms with E-state index in [0.717, 1.165) is 16.6 Å². The molecule has 0 aliphatic rings. The van der Waals surface area contributed by atoms with Crippen LogP contribution in [0.15, 0.2) is 60.8 Å². The number of fused-ring (bicyclic) bond motifs is 1. The van der Waals surface area contributed by atoms with E-state index < -0.39 is 6.43 Å². The maximum atomic E-state index is 12.5. The lowest BCUT2D eigenvalue weighted by Gasteiger charge is -2.06. The Labute approximate surface area is 103 Å². The topological polar surface area (TPSA) is 4.93 Å². The molecule has 18 heavy (non-hydrogen) atoms. The van der Waals surface area contributed by atoms with Crippen LogP contribution in [-0.4, -0.2) is 4.57 Å². The lowest BCUT2D eigenvalue weighted by molar-refractivity contribution is 0.151. The predicted octanol–water partition coefficient (Wildman–Crippen LogP) is 4.57. The lowest BCUT2D eigenvalue weighted by atomic mass is 10.2. The summed E-state index contributed by atoms with van der Waals surface area (Å²) in [5.41, 5.74) is 2.01. The molecular formula is C15H11F2N. The second kappa shape index (κ2) is 4.26. The summed E-state index contributed by atoms with van der Waals surface area (Å²) in [4.78, 5) is 0. The summed E-state index contributed by atoms with van der Waals surface area (Å²) in [5, 5.41) is 1.13. The van der Waals surface area contributed by atoms with E-state index in [4.69, 9.17) is 0 Å². The van der Waals surface area contributed by atoms with Crippen molar-refractivity contribution in [2.45, 2.75) is 6.43 Å². The monoisotopic (exact) mass is 243 g/mol. The Hall–Kier alpha value is -2.16. The smallest absolute Gasteiger partial charge is 0.263 e. The quantitative estimate of drug-likeness (QED) is 0.621. The van der Waals surface area contributed by atoms with Gasteiger partial charge in [-0.2, -0.15) is 0 Å². The minimum atomic E-state index is -2.42. The molecule has 0 spiro atoms. The average molecular weight is 243 g/mol. The van der Waals surface area contributed by atoms with Gasteiger partial charge in [-0.05, 0) is 29.7 Å². The fraction of sp³-hybridized carbons (Fsp3) is 0.0667. The molecule has 0 N–H and O–H groups in total. The highest BCUT2D eigenvalue weighted by molar-refractivity contribution is 5.81. The van der Waals surface area contributed by atoms with Crippen LogP contribution in [0.25, 0.3) is 16.6 Å². The third kappa shape index (κ3) is 1.78. The van der Waals surface area contributed by atoms with Gasteiger partial charge in [0.15, 0.2) is 0 Å². The molecule has 0 unspecified atom stereocenters. The van der Waals surface area contributed by atoms with Gasteiger partial charge in [0.1, 0.15) is 0 Å². The summed E-state index contributed by atoms with van der Waals surface area (Å²) < 4.78 is 27.0. The van der Waals surface area contributed by atoms with Crippen LogP contribution in [0, 0.1) is 0 Å². The van der Waals surface area contributed by atoms with Gasteiger partial charge in [0, 0.05) is 17.4 Å². The molecule has 0 saturated carbocycles. The van der Waals surface area contributed by atoms with Crippen molar-refractivity contribution in [2.24, 2.45) is 0 Å². The molecule has 3 rings (SSSR count). The summed E-state index contributed by atoms with van der Waals surface area (Å²) in [5.74, 6) is 0. The minimum absolute atomic E-state index is 0.0511. The Balaban J connectivity index is 2.09. The molecule has 0 atom stereocenters. The first-order chi connectivity index (χ1) is 8.75. The Morgan fingerprint density at radius 1 is 0.833 bits per heavy atom. The van der Waals surface area contributed by atoms with Gasteiger partial charge in [0.25, 0.3) is 6.43 Å². The zero-order valence-corrected chi connectivity index (χ0v) is 9.55. The van der Waals surface area contributed by atoms with Crippen molar-refractivity contribution < 1.29 is 8.78 Å². The molecule has 0 aliphatic heterocycles. The van der Waals surface area contributed by atoms with Gasteiger partial charge >= 0.3 is 0 Å². The highest BCUT2D eigenvalue weighted by atomic mass is 19.3. The normalized spacial score (nSPS) is 11.3. The zero-order chi connectivity index (χ0) is 12.5. The fourth-order valence-corrected chi connectivity index (χ4v) is 2.09. The molecule has 0 saturated heterocycles. The van der Waals surface area contributed by atoms with Crippen molar-refractivity contribution in [3.8, 4) is 5.69 Å². The molecule has 90 valence electrons. The van der Waals surface area contributed by atoms with Crippen molar-refractivity contribution in [1.29, 1.82) is 0 Å². The van der Waals surface area contributed by atoms with Gasteiger partial charge in [-0.1, -0.05) is 30.3 Å². The van der Waals surface area contributed by atoms with Gasteiger partial charge in [-0.25, -0.2) is 8.78 Å². The molecule has 0 fully saturated rings. The van der Waals surface area contributed by atoms with Crippen LogP contribution in [0.2, 0.25) is 0 Å². The number of rotatable bonds is 2. The number of halogens is 2.